The van der Waals surface area contributed by atoms with Gasteiger partial charge in [0, 0.05) is 13.0 Å². The van der Waals surface area contributed by atoms with Crippen LogP contribution in [0.5, 0.6) is 0 Å². The van der Waals surface area contributed by atoms with E-state index in [1.54, 1.807) is 6.33 Å². The molecule has 1 aliphatic carbocycles. The van der Waals surface area contributed by atoms with Gasteiger partial charge in [-0.2, -0.15) is 0 Å². The quantitative estimate of drug-likeness (QED) is 0.851. The number of nitrogens with one attached hydrogen (secondary N) is 1. The average Bonchev–Trinajstić information content (AvgIpc) is 3.12. The van der Waals surface area contributed by atoms with Gasteiger partial charge in [-0.05, 0) is 25.0 Å². The summed E-state index contributed by atoms with van der Waals surface area (Å²) in [6.07, 6.45) is 6.86. The topological polar surface area (TPSA) is 56.2 Å². The van der Waals surface area contributed by atoms with Crippen molar-refractivity contribution in [3.8, 4) is 0 Å². The Kier molecular flexibility index (Phi) is 3.97. The summed E-state index contributed by atoms with van der Waals surface area (Å²) >= 11 is 0. The van der Waals surface area contributed by atoms with E-state index >= 15 is 0 Å². The van der Waals surface area contributed by atoms with Gasteiger partial charge in [-0.1, -0.05) is 25.0 Å². The molecule has 0 radical (unpaired) electrons. The van der Waals surface area contributed by atoms with Crippen molar-refractivity contribution in [3.05, 3.63) is 30.6 Å². The number of fused-ring (bicyclic) bond motifs is 1. The molecular formula is C15H19N3O2. The second-order valence-corrected chi connectivity index (χ2v) is 5.23. The number of aryl methyl sites for hydroxylation is 1. The van der Waals surface area contributed by atoms with E-state index in [0.717, 1.165) is 23.9 Å². The summed E-state index contributed by atoms with van der Waals surface area (Å²) in [4.78, 5) is 21.5. The Morgan fingerprint density at radius 1 is 1.35 bits per heavy atom. The number of rotatable bonds is 5. The van der Waals surface area contributed by atoms with Crippen LogP contribution in [0.2, 0.25) is 0 Å². The first kappa shape index (κ1) is 13.1. The summed E-state index contributed by atoms with van der Waals surface area (Å²) in [6, 6.07) is 7.91. The van der Waals surface area contributed by atoms with Gasteiger partial charge in [-0.25, -0.2) is 10.5 Å². The highest BCUT2D eigenvalue weighted by Gasteiger charge is 2.16. The van der Waals surface area contributed by atoms with Crippen LogP contribution in [0.3, 0.4) is 0 Å². The van der Waals surface area contributed by atoms with Gasteiger partial charge < -0.3 is 4.57 Å². The molecule has 1 N–H and O–H groups in total. The second kappa shape index (κ2) is 6.05. The zero-order chi connectivity index (χ0) is 13.8. The van der Waals surface area contributed by atoms with Crippen LogP contribution in [0.1, 0.15) is 32.1 Å². The maximum atomic E-state index is 11.8. The fourth-order valence-electron chi connectivity index (χ4n) is 2.62. The maximum absolute atomic E-state index is 11.8. The normalized spacial score (nSPS) is 15.8. The van der Waals surface area contributed by atoms with Gasteiger partial charge in [0.15, 0.2) is 0 Å². The van der Waals surface area contributed by atoms with E-state index in [1.807, 2.05) is 28.8 Å². The third-order valence-electron chi connectivity index (χ3n) is 3.75. The van der Waals surface area contributed by atoms with Gasteiger partial charge in [-0.3, -0.25) is 9.63 Å². The zero-order valence-corrected chi connectivity index (χ0v) is 11.4. The highest BCUT2D eigenvalue weighted by Crippen LogP contribution is 2.19. The summed E-state index contributed by atoms with van der Waals surface area (Å²) in [5, 5.41) is 0. The minimum Gasteiger partial charge on any atom is -0.330 e. The van der Waals surface area contributed by atoms with Crippen LogP contribution >= 0.6 is 0 Å². The molecule has 0 atom stereocenters. The first-order chi connectivity index (χ1) is 9.83. The maximum Gasteiger partial charge on any atom is 0.245 e. The Morgan fingerprint density at radius 2 is 2.15 bits per heavy atom. The smallest absolute Gasteiger partial charge is 0.245 e. The molecule has 1 aromatic heterocycles. The fraction of sp³-hybridized carbons (Fsp3) is 0.467. The monoisotopic (exact) mass is 273 g/mol. The van der Waals surface area contributed by atoms with E-state index in [1.165, 1.54) is 12.8 Å². The number of amides is 1. The molecule has 1 aromatic carbocycles. The molecule has 0 saturated heterocycles. The van der Waals surface area contributed by atoms with E-state index < -0.39 is 0 Å². The summed E-state index contributed by atoms with van der Waals surface area (Å²) < 4.78 is 1.99. The lowest BCUT2D eigenvalue weighted by molar-refractivity contribution is -0.138. The lowest BCUT2D eigenvalue weighted by Gasteiger charge is -2.11. The van der Waals surface area contributed by atoms with Crippen LogP contribution in [-0.2, 0) is 16.2 Å². The standard InChI is InChI=1S/C15H19N3O2/c19-15(17-20-12-5-1-2-6-12)9-10-18-11-16-13-7-3-4-8-14(13)18/h3-4,7-8,11-12H,1-2,5-6,9-10H2,(H,17,19). The van der Waals surface area contributed by atoms with Crippen LogP contribution in [0.15, 0.2) is 30.6 Å². The van der Waals surface area contributed by atoms with Crippen LogP contribution in [-0.4, -0.2) is 21.6 Å². The van der Waals surface area contributed by atoms with Crippen LogP contribution < -0.4 is 5.48 Å². The third kappa shape index (κ3) is 2.99. The lowest BCUT2D eigenvalue weighted by Crippen LogP contribution is -2.28. The SMILES string of the molecule is O=C(CCn1cnc2ccccc21)NOC1CCCC1. The molecule has 1 amide bonds. The number of hydrogen-bond donors (Lipinski definition) is 1. The number of hydrogen-bond acceptors (Lipinski definition) is 3. The van der Waals surface area contributed by atoms with Crippen molar-refractivity contribution >= 4 is 16.9 Å². The van der Waals surface area contributed by atoms with Crippen molar-refractivity contribution in [1.29, 1.82) is 0 Å². The zero-order valence-electron chi connectivity index (χ0n) is 11.4. The molecule has 5 heteroatoms. The van der Waals surface area contributed by atoms with Gasteiger partial charge in [0.25, 0.3) is 0 Å². The van der Waals surface area contributed by atoms with Gasteiger partial charge >= 0.3 is 0 Å². The molecule has 1 saturated carbocycles. The number of benzene rings is 1. The Labute approximate surface area is 117 Å². The lowest BCUT2D eigenvalue weighted by atomic mass is 10.3. The summed E-state index contributed by atoms with van der Waals surface area (Å²) in [5.74, 6) is -0.0744. The van der Waals surface area contributed by atoms with Crippen molar-refractivity contribution in [3.63, 3.8) is 0 Å². The van der Waals surface area contributed by atoms with Crippen LogP contribution in [0, 0.1) is 0 Å². The molecule has 3 rings (SSSR count). The van der Waals surface area contributed by atoms with Crippen LogP contribution in [0.25, 0.3) is 11.0 Å². The molecule has 2 aromatic rings. The van der Waals surface area contributed by atoms with E-state index in [9.17, 15) is 4.79 Å². The molecule has 0 bridgehead atoms. The van der Waals surface area contributed by atoms with Crippen molar-refractivity contribution in [2.45, 2.75) is 44.8 Å². The van der Waals surface area contributed by atoms with Gasteiger partial charge in [0.05, 0.1) is 23.5 Å². The fourth-order valence-corrected chi connectivity index (χ4v) is 2.62. The first-order valence-corrected chi connectivity index (χ1v) is 7.17. The Balaban J connectivity index is 1.49. The van der Waals surface area contributed by atoms with E-state index in [-0.39, 0.29) is 12.0 Å². The molecule has 20 heavy (non-hydrogen) atoms. The molecule has 0 aliphatic heterocycles. The van der Waals surface area contributed by atoms with Crippen molar-refractivity contribution < 1.29 is 9.63 Å². The molecule has 106 valence electrons. The predicted molar refractivity (Wildman–Crippen MR) is 75.8 cm³/mol. The Morgan fingerprint density at radius 3 is 3.00 bits per heavy atom. The van der Waals surface area contributed by atoms with E-state index in [4.69, 9.17) is 4.84 Å². The molecule has 1 aliphatic rings. The van der Waals surface area contributed by atoms with Crippen molar-refractivity contribution in [1.82, 2.24) is 15.0 Å². The Hall–Kier alpha value is -1.88. The molecule has 0 spiro atoms. The number of hydroxylamine groups is 1. The number of aromatic nitrogens is 2. The summed E-state index contributed by atoms with van der Waals surface area (Å²) in [6.45, 7) is 0.611. The average molecular weight is 273 g/mol. The molecular weight excluding hydrogens is 254 g/mol. The number of carbonyl (C=O) groups is 1. The minimum absolute atomic E-state index is 0.0744. The predicted octanol–water partition coefficient (Wildman–Crippen LogP) is 2.42. The largest absolute Gasteiger partial charge is 0.330 e. The third-order valence-corrected chi connectivity index (χ3v) is 3.75. The first-order valence-electron chi connectivity index (χ1n) is 7.17. The number of nitrogens with zero attached hydrogens (tertiary/aromatic N) is 2. The number of para-hydroxylation sites is 2. The highest BCUT2D eigenvalue weighted by atomic mass is 16.7. The molecule has 0 unspecified atom stereocenters. The molecule has 1 heterocycles. The van der Waals surface area contributed by atoms with Gasteiger partial charge in [0.1, 0.15) is 0 Å². The number of carbonyl (C=O) groups excluding carboxylic acids is 1. The highest BCUT2D eigenvalue weighted by molar-refractivity contribution is 5.76. The van der Waals surface area contributed by atoms with E-state index in [2.05, 4.69) is 10.5 Å². The summed E-state index contributed by atoms with van der Waals surface area (Å²) in [5.41, 5.74) is 4.57. The van der Waals surface area contributed by atoms with Crippen molar-refractivity contribution in [2.75, 3.05) is 0 Å². The minimum atomic E-state index is -0.0744. The van der Waals surface area contributed by atoms with E-state index in [0.29, 0.717) is 13.0 Å². The summed E-state index contributed by atoms with van der Waals surface area (Å²) in [7, 11) is 0. The Bertz CT molecular complexity index is 588. The van der Waals surface area contributed by atoms with Crippen molar-refractivity contribution in [2.24, 2.45) is 0 Å². The van der Waals surface area contributed by atoms with Gasteiger partial charge in [-0.15, -0.1) is 0 Å². The number of imidazole rings is 1. The van der Waals surface area contributed by atoms with Gasteiger partial charge in [0.2, 0.25) is 5.91 Å². The molecule has 1 fully saturated rings. The van der Waals surface area contributed by atoms with Crippen LogP contribution in [0.4, 0.5) is 0 Å². The second-order valence-electron chi connectivity index (χ2n) is 5.23. The molecule has 5 nitrogen and oxygen atoms in total.